The molecule has 1 aliphatic rings. The number of hydrogen-bond donors (Lipinski definition) is 2. The first kappa shape index (κ1) is 14.4. The van der Waals surface area contributed by atoms with Crippen LogP contribution in [0.25, 0.3) is 0 Å². The van der Waals surface area contributed by atoms with E-state index < -0.39 is 24.0 Å². The molecule has 0 bridgehead atoms. The van der Waals surface area contributed by atoms with Crippen LogP contribution in [0.2, 0.25) is 5.02 Å². The highest BCUT2D eigenvalue weighted by Gasteiger charge is 2.39. The molecule has 6 heteroatoms. The van der Waals surface area contributed by atoms with Crippen LogP contribution in [0.1, 0.15) is 18.5 Å². The van der Waals surface area contributed by atoms with Gasteiger partial charge in [0.25, 0.3) is 0 Å². The highest BCUT2D eigenvalue weighted by Crippen LogP contribution is 2.33. The highest BCUT2D eigenvalue weighted by atomic mass is 35.5. The molecule has 0 aromatic heterocycles. The molecule has 5 nitrogen and oxygen atoms in total. The van der Waals surface area contributed by atoms with E-state index in [-0.39, 0.29) is 6.61 Å². The van der Waals surface area contributed by atoms with Gasteiger partial charge in [-0.3, -0.25) is 4.79 Å². The van der Waals surface area contributed by atoms with E-state index in [0.29, 0.717) is 16.3 Å². The predicted molar refractivity (Wildman–Crippen MR) is 75.1 cm³/mol. The fraction of sp³-hybridized carbons (Fsp3) is 0.286. The minimum absolute atomic E-state index is 0.256. The number of hydrogen-bond acceptors (Lipinski definition) is 3. The summed E-state index contributed by atoms with van der Waals surface area (Å²) in [4.78, 5) is 23.7. The normalized spacial score (nSPS) is 21.9. The lowest BCUT2D eigenvalue weighted by Crippen LogP contribution is -2.51. The van der Waals surface area contributed by atoms with Gasteiger partial charge in [0.15, 0.2) is 0 Å². The molecule has 1 saturated heterocycles. The van der Waals surface area contributed by atoms with Crippen molar-refractivity contribution >= 4 is 23.6 Å². The Labute approximate surface area is 121 Å². The minimum Gasteiger partial charge on any atom is -0.465 e. The topological polar surface area (TPSA) is 67.4 Å². The number of carbonyl (C=O) groups is 2. The van der Waals surface area contributed by atoms with Crippen LogP contribution in [0, 0.1) is 5.92 Å². The fourth-order valence-corrected chi connectivity index (χ4v) is 2.43. The van der Waals surface area contributed by atoms with Crippen molar-refractivity contribution in [2.45, 2.75) is 13.0 Å². The second-order valence-electron chi connectivity index (χ2n) is 4.35. The maximum atomic E-state index is 12.1. The Morgan fingerprint density at radius 3 is 2.80 bits per heavy atom. The average Bonchev–Trinajstić information content (AvgIpc) is 2.38. The summed E-state index contributed by atoms with van der Waals surface area (Å²) in [5.74, 6) is -1.16. The van der Waals surface area contributed by atoms with Crippen LogP contribution in [0.15, 0.2) is 36.5 Å². The molecule has 0 saturated carbocycles. The van der Waals surface area contributed by atoms with Gasteiger partial charge in [-0.1, -0.05) is 36.4 Å². The maximum Gasteiger partial charge on any atom is 0.319 e. The van der Waals surface area contributed by atoms with Gasteiger partial charge in [0.05, 0.1) is 12.6 Å². The zero-order chi connectivity index (χ0) is 14.7. The predicted octanol–water partition coefficient (Wildman–Crippen LogP) is 2.39. The molecule has 1 aromatic carbocycles. The first-order valence-corrected chi connectivity index (χ1v) is 6.59. The van der Waals surface area contributed by atoms with Crippen LogP contribution < -0.4 is 10.6 Å². The molecule has 20 heavy (non-hydrogen) atoms. The van der Waals surface area contributed by atoms with Gasteiger partial charge in [0.2, 0.25) is 0 Å². The Kier molecular flexibility index (Phi) is 4.29. The molecule has 1 aliphatic heterocycles. The molecule has 0 radical (unpaired) electrons. The van der Waals surface area contributed by atoms with Gasteiger partial charge in [-0.2, -0.15) is 0 Å². The number of rotatable bonds is 3. The van der Waals surface area contributed by atoms with E-state index in [1.807, 2.05) is 0 Å². The number of halogens is 1. The summed E-state index contributed by atoms with van der Waals surface area (Å²) in [6.07, 6.45) is 0. The second-order valence-corrected chi connectivity index (χ2v) is 4.76. The molecule has 2 rings (SSSR count). The zero-order valence-electron chi connectivity index (χ0n) is 11.0. The van der Waals surface area contributed by atoms with E-state index in [2.05, 4.69) is 17.2 Å². The molecular weight excluding hydrogens is 280 g/mol. The van der Waals surface area contributed by atoms with Gasteiger partial charge in [0, 0.05) is 10.7 Å². The van der Waals surface area contributed by atoms with E-state index in [4.69, 9.17) is 16.3 Å². The van der Waals surface area contributed by atoms with Gasteiger partial charge in [-0.15, -0.1) is 0 Å². The summed E-state index contributed by atoms with van der Waals surface area (Å²) in [6.45, 7) is 5.72. The summed E-state index contributed by atoms with van der Waals surface area (Å²) in [6, 6.07) is 6.03. The van der Waals surface area contributed by atoms with Crippen molar-refractivity contribution in [2.75, 3.05) is 6.61 Å². The third-order valence-electron chi connectivity index (χ3n) is 3.05. The van der Waals surface area contributed by atoms with Gasteiger partial charge in [0.1, 0.15) is 5.92 Å². The van der Waals surface area contributed by atoms with Crippen molar-refractivity contribution in [1.29, 1.82) is 0 Å². The standard InChI is InChI=1S/C14H15ClN2O3/c1-3-20-13(18)11-8(2)16-14(19)17-12(11)9-6-4-5-7-10(9)15/h4-7,11-12H,2-3H2,1H3,(H2,16,17,19). The van der Waals surface area contributed by atoms with Gasteiger partial charge < -0.3 is 15.4 Å². The van der Waals surface area contributed by atoms with Gasteiger partial charge in [-0.25, -0.2) is 4.79 Å². The Morgan fingerprint density at radius 1 is 1.45 bits per heavy atom. The van der Waals surface area contributed by atoms with Gasteiger partial charge >= 0.3 is 12.0 Å². The first-order valence-electron chi connectivity index (χ1n) is 6.22. The number of benzene rings is 1. The molecule has 106 valence electrons. The summed E-state index contributed by atoms with van der Waals surface area (Å²) >= 11 is 6.15. The quantitative estimate of drug-likeness (QED) is 0.841. The van der Waals surface area contributed by atoms with E-state index in [1.165, 1.54) is 0 Å². The molecule has 2 atom stereocenters. The Hall–Kier alpha value is -2.01. The number of ether oxygens (including phenoxy) is 1. The zero-order valence-corrected chi connectivity index (χ0v) is 11.7. The van der Waals surface area contributed by atoms with E-state index >= 15 is 0 Å². The van der Waals surface area contributed by atoms with Crippen molar-refractivity contribution < 1.29 is 14.3 Å². The number of esters is 1. The molecule has 0 spiro atoms. The highest BCUT2D eigenvalue weighted by molar-refractivity contribution is 6.31. The lowest BCUT2D eigenvalue weighted by Gasteiger charge is -2.33. The number of urea groups is 1. The van der Waals surface area contributed by atoms with Crippen molar-refractivity contribution in [3.63, 3.8) is 0 Å². The third kappa shape index (κ3) is 2.77. The summed E-state index contributed by atoms with van der Waals surface area (Å²) in [5, 5.41) is 5.67. The van der Waals surface area contributed by atoms with Crippen LogP contribution >= 0.6 is 11.6 Å². The molecule has 1 aromatic rings. The van der Waals surface area contributed by atoms with E-state index in [0.717, 1.165) is 0 Å². The SMILES string of the molecule is C=C1NC(=O)NC(c2ccccc2Cl)C1C(=O)OCC. The van der Waals surface area contributed by atoms with E-state index in [1.54, 1.807) is 31.2 Å². The molecule has 1 heterocycles. The Bertz CT molecular complexity index is 559. The largest absolute Gasteiger partial charge is 0.465 e. The van der Waals surface area contributed by atoms with Crippen LogP contribution in [0.5, 0.6) is 0 Å². The summed E-state index contributed by atoms with van der Waals surface area (Å²) in [7, 11) is 0. The molecule has 0 aliphatic carbocycles. The lowest BCUT2D eigenvalue weighted by molar-refractivity contribution is -0.147. The first-order chi connectivity index (χ1) is 9.54. The summed E-state index contributed by atoms with van der Waals surface area (Å²) < 4.78 is 5.04. The molecule has 2 unspecified atom stereocenters. The van der Waals surface area contributed by atoms with Crippen LogP contribution in [0.3, 0.4) is 0 Å². The van der Waals surface area contributed by atoms with Gasteiger partial charge in [-0.05, 0) is 18.6 Å². The minimum atomic E-state index is -0.715. The van der Waals surface area contributed by atoms with Crippen molar-refractivity contribution in [3.05, 3.63) is 47.1 Å². The molecule has 2 N–H and O–H groups in total. The maximum absolute atomic E-state index is 12.1. The molecule has 2 amide bonds. The smallest absolute Gasteiger partial charge is 0.319 e. The third-order valence-corrected chi connectivity index (χ3v) is 3.39. The van der Waals surface area contributed by atoms with Crippen molar-refractivity contribution in [2.24, 2.45) is 5.92 Å². The Morgan fingerprint density at radius 2 is 2.15 bits per heavy atom. The average molecular weight is 295 g/mol. The van der Waals surface area contributed by atoms with Crippen molar-refractivity contribution in [3.8, 4) is 0 Å². The van der Waals surface area contributed by atoms with Crippen LogP contribution in [-0.2, 0) is 9.53 Å². The number of carbonyl (C=O) groups excluding carboxylic acids is 2. The second kappa shape index (κ2) is 5.96. The molecular formula is C14H15ClN2O3. The fourth-order valence-electron chi connectivity index (χ4n) is 2.18. The number of nitrogens with one attached hydrogen (secondary N) is 2. The van der Waals surface area contributed by atoms with E-state index in [9.17, 15) is 9.59 Å². The van der Waals surface area contributed by atoms with Crippen molar-refractivity contribution in [1.82, 2.24) is 10.6 Å². The summed E-state index contributed by atoms with van der Waals surface area (Å²) in [5.41, 5.74) is 0.959. The Balaban J connectivity index is 2.39. The monoisotopic (exact) mass is 294 g/mol. The van der Waals surface area contributed by atoms with Crippen LogP contribution in [0.4, 0.5) is 4.79 Å². The van der Waals surface area contributed by atoms with Crippen LogP contribution in [-0.4, -0.2) is 18.6 Å². The molecule has 1 fully saturated rings. The lowest BCUT2D eigenvalue weighted by atomic mass is 9.89. The number of amides is 2.